The van der Waals surface area contributed by atoms with Crippen LogP contribution in [0.3, 0.4) is 0 Å². The van der Waals surface area contributed by atoms with E-state index >= 15 is 0 Å². The van der Waals surface area contributed by atoms with Gasteiger partial charge in [0.25, 0.3) is 0 Å². The monoisotopic (exact) mass is 847 g/mol. The maximum absolute atomic E-state index is 12.7. The highest BCUT2D eigenvalue weighted by Gasteiger charge is 2.39. The molecule has 58 heavy (non-hydrogen) atoms. The van der Waals surface area contributed by atoms with E-state index in [0.29, 0.717) is 32.1 Å². The van der Waals surface area contributed by atoms with Gasteiger partial charge in [-0.3, -0.25) is 18.6 Å². The highest BCUT2D eigenvalue weighted by molar-refractivity contribution is 7.47. The van der Waals surface area contributed by atoms with E-state index in [9.17, 15) is 39.5 Å². The largest absolute Gasteiger partial charge is 0.472 e. The molecule has 0 amide bonds. The number of esters is 2. The van der Waals surface area contributed by atoms with Crippen LogP contribution in [-0.4, -0.2) is 99.3 Å². The predicted octanol–water partition coefficient (Wildman–Crippen LogP) is 7.94. The van der Waals surface area contributed by atoms with Gasteiger partial charge < -0.3 is 39.9 Å². The van der Waals surface area contributed by atoms with Crippen LogP contribution < -0.4 is 0 Å². The average molecular weight is 847 g/mol. The number of aliphatic hydroxyl groups is 5. The summed E-state index contributed by atoms with van der Waals surface area (Å²) in [5.41, 5.74) is 0. The van der Waals surface area contributed by atoms with Crippen molar-refractivity contribution in [1.82, 2.24) is 0 Å². The molecule has 0 aromatic carbocycles. The number of ether oxygens (including phenoxy) is 2. The van der Waals surface area contributed by atoms with Crippen LogP contribution in [0.2, 0.25) is 0 Å². The molecule has 1 saturated carbocycles. The smallest absolute Gasteiger partial charge is 0.462 e. The molecule has 8 atom stereocenters. The molecule has 0 saturated heterocycles. The van der Waals surface area contributed by atoms with Gasteiger partial charge in [-0.05, 0) is 63.7 Å². The molecule has 1 aliphatic carbocycles. The molecule has 1 unspecified atom stereocenters. The zero-order chi connectivity index (χ0) is 42.9. The number of hydrogen-bond acceptors (Lipinski definition) is 12. The van der Waals surface area contributed by atoms with Crippen LogP contribution in [0.4, 0.5) is 0 Å². The fourth-order valence-electron chi connectivity index (χ4n) is 6.80. The summed E-state index contributed by atoms with van der Waals surface area (Å²) in [4.78, 5) is 35.2. The third-order valence-corrected chi connectivity index (χ3v) is 11.3. The van der Waals surface area contributed by atoms with Crippen molar-refractivity contribution in [2.45, 2.75) is 192 Å². The highest BCUT2D eigenvalue weighted by Crippen LogP contribution is 2.43. The molecule has 0 heterocycles. The molecule has 1 fully saturated rings. The number of phosphoric acid groups is 1. The van der Waals surface area contributed by atoms with E-state index in [-0.39, 0.29) is 31.1 Å². The molecule has 338 valence electrons. The number of carbonyl (C=O) groups is 2. The Bertz CT molecular complexity index is 1180. The molecule has 1 rings (SSSR count). The minimum absolute atomic E-state index is 0.00569. The Kier molecular flexibility index (Phi) is 32.4. The Morgan fingerprint density at radius 3 is 1.95 bits per heavy atom. The Balaban J connectivity index is 2.49. The summed E-state index contributed by atoms with van der Waals surface area (Å²) in [7, 11) is -4.69. The van der Waals surface area contributed by atoms with E-state index < -0.39 is 76.7 Å². The van der Waals surface area contributed by atoms with Gasteiger partial charge >= 0.3 is 19.8 Å². The lowest BCUT2D eigenvalue weighted by Gasteiger charge is -2.20. The number of phosphoric ester groups is 1. The SMILES string of the molecule is CCCCCCCC/C=C\CCCCCCCC(=O)OC[C@H](COP(=O)(O)OC[C@@H](O)CO)OC(=O)CCC/C=C/C[C@@H]1[C@@H](/C=C/[C@@H](O)CCCCC)[C@H](O)C[C@@H]1O. The van der Waals surface area contributed by atoms with E-state index in [2.05, 4.69) is 30.5 Å². The topological polar surface area (TPSA) is 210 Å². The van der Waals surface area contributed by atoms with Crippen molar-refractivity contribution in [3.05, 3.63) is 36.5 Å². The third kappa shape index (κ3) is 28.5. The molecular weight excluding hydrogens is 767 g/mol. The molecule has 0 bridgehead atoms. The van der Waals surface area contributed by atoms with Gasteiger partial charge in [0.1, 0.15) is 12.7 Å². The van der Waals surface area contributed by atoms with Crippen LogP contribution in [-0.2, 0) is 32.7 Å². The Morgan fingerprint density at radius 2 is 1.28 bits per heavy atom. The molecule has 6 N–H and O–H groups in total. The van der Waals surface area contributed by atoms with Crippen LogP contribution >= 0.6 is 7.82 Å². The van der Waals surface area contributed by atoms with Crippen molar-refractivity contribution < 1.29 is 63.1 Å². The lowest BCUT2D eigenvalue weighted by molar-refractivity contribution is -0.161. The van der Waals surface area contributed by atoms with E-state index in [4.69, 9.17) is 19.1 Å². The van der Waals surface area contributed by atoms with Gasteiger partial charge in [0, 0.05) is 25.2 Å². The first-order chi connectivity index (χ1) is 27.9. The molecule has 13 nitrogen and oxygen atoms in total. The van der Waals surface area contributed by atoms with Gasteiger partial charge in [0.05, 0.1) is 38.1 Å². The van der Waals surface area contributed by atoms with Crippen molar-refractivity contribution >= 4 is 19.8 Å². The van der Waals surface area contributed by atoms with Gasteiger partial charge in [-0.15, -0.1) is 0 Å². The summed E-state index contributed by atoms with van der Waals surface area (Å²) in [6, 6.07) is 0. The van der Waals surface area contributed by atoms with Crippen LogP contribution in [0.1, 0.15) is 162 Å². The summed E-state index contributed by atoms with van der Waals surface area (Å²) >= 11 is 0. The normalized spacial score (nSPS) is 21.2. The van der Waals surface area contributed by atoms with Crippen molar-refractivity contribution in [2.24, 2.45) is 11.8 Å². The number of allylic oxidation sites excluding steroid dienone is 4. The number of unbranched alkanes of at least 4 members (excludes halogenated alkanes) is 14. The van der Waals surface area contributed by atoms with E-state index in [0.717, 1.165) is 57.8 Å². The van der Waals surface area contributed by atoms with Gasteiger partial charge in [-0.2, -0.15) is 0 Å². The quantitative estimate of drug-likeness (QED) is 0.0152. The third-order valence-electron chi connectivity index (χ3n) is 10.3. The van der Waals surface area contributed by atoms with Gasteiger partial charge in [0.15, 0.2) is 6.10 Å². The summed E-state index contributed by atoms with van der Waals surface area (Å²) in [6.07, 6.45) is 27.7. The van der Waals surface area contributed by atoms with Gasteiger partial charge in [-0.25, -0.2) is 4.57 Å². The van der Waals surface area contributed by atoms with E-state index in [1.54, 1.807) is 6.08 Å². The van der Waals surface area contributed by atoms with Crippen molar-refractivity contribution in [3.63, 3.8) is 0 Å². The average Bonchev–Trinajstić information content (AvgIpc) is 3.47. The van der Waals surface area contributed by atoms with Crippen molar-refractivity contribution in [3.8, 4) is 0 Å². The van der Waals surface area contributed by atoms with Crippen molar-refractivity contribution in [1.29, 1.82) is 0 Å². The fourth-order valence-corrected chi connectivity index (χ4v) is 7.59. The van der Waals surface area contributed by atoms with Gasteiger partial charge in [-0.1, -0.05) is 121 Å². The van der Waals surface area contributed by atoms with Crippen LogP contribution in [0.5, 0.6) is 0 Å². The Morgan fingerprint density at radius 1 is 0.707 bits per heavy atom. The fraction of sp³-hybridized carbons (Fsp3) is 0.818. The summed E-state index contributed by atoms with van der Waals surface area (Å²) < 4.78 is 32.7. The standard InChI is InChI=1S/C44H79O13P/c1-3-5-7-8-9-10-11-12-13-14-15-16-17-18-23-27-43(50)54-34-38(35-56-58(52,53)55-33-37(47)32-45)57-44(51)28-24-20-19-22-26-39-40(42(49)31-41(39)48)30-29-36(46)25-21-6-4-2/h12-13,19,22,29-30,36-42,45-49H,3-11,14-18,20-21,23-28,31-35H2,1-2H3,(H,52,53)/b13-12-,22-19+,30-29+/t36-,37-,38+,39+,40+,41-,42+/m0/s1. The first-order valence-corrected chi connectivity index (χ1v) is 23.7. The highest BCUT2D eigenvalue weighted by atomic mass is 31.2. The Hall–Kier alpha value is -1.93. The number of carbonyl (C=O) groups excluding carboxylic acids is 2. The van der Waals surface area contributed by atoms with Crippen LogP contribution in [0.15, 0.2) is 36.5 Å². The Labute approximate surface area is 348 Å². The minimum Gasteiger partial charge on any atom is -0.462 e. The second-order valence-corrected chi connectivity index (χ2v) is 17.1. The molecule has 1 aliphatic rings. The summed E-state index contributed by atoms with van der Waals surface area (Å²) in [5, 5.41) is 49.7. The van der Waals surface area contributed by atoms with Crippen LogP contribution in [0.25, 0.3) is 0 Å². The molecule has 0 radical (unpaired) electrons. The zero-order valence-electron chi connectivity index (χ0n) is 35.6. The van der Waals surface area contributed by atoms with E-state index in [1.165, 1.54) is 38.5 Å². The first kappa shape index (κ1) is 54.1. The zero-order valence-corrected chi connectivity index (χ0v) is 36.5. The summed E-state index contributed by atoms with van der Waals surface area (Å²) in [5.74, 6) is -1.59. The lowest BCUT2D eigenvalue weighted by atomic mass is 9.89. The summed E-state index contributed by atoms with van der Waals surface area (Å²) in [6.45, 7) is 1.98. The van der Waals surface area contributed by atoms with Crippen molar-refractivity contribution in [2.75, 3.05) is 26.4 Å². The molecule has 14 heteroatoms. The van der Waals surface area contributed by atoms with Crippen LogP contribution in [0, 0.1) is 11.8 Å². The maximum atomic E-state index is 12.7. The first-order valence-electron chi connectivity index (χ1n) is 22.2. The molecular formula is C44H79O13P. The molecule has 0 aromatic heterocycles. The number of rotatable bonds is 37. The second kappa shape index (κ2) is 34.7. The minimum atomic E-state index is -4.69. The number of aliphatic hydroxyl groups excluding tert-OH is 5. The molecule has 0 aromatic rings. The molecule has 0 spiro atoms. The lowest BCUT2D eigenvalue weighted by Crippen LogP contribution is -2.29. The van der Waals surface area contributed by atoms with E-state index in [1.807, 2.05) is 18.2 Å². The molecule has 0 aliphatic heterocycles. The number of hydrogen-bond donors (Lipinski definition) is 6. The maximum Gasteiger partial charge on any atom is 0.472 e. The predicted molar refractivity (Wildman–Crippen MR) is 226 cm³/mol. The van der Waals surface area contributed by atoms with Gasteiger partial charge in [0.2, 0.25) is 0 Å². The second-order valence-electron chi connectivity index (χ2n) is 15.7.